The Morgan fingerprint density at radius 3 is 2.25 bits per heavy atom. The molecule has 3 nitrogen and oxygen atoms in total. The van der Waals surface area contributed by atoms with Crippen molar-refractivity contribution in [3.05, 3.63) is 11.5 Å². The lowest BCUT2D eigenvalue weighted by Crippen LogP contribution is -2.41. The average Bonchev–Trinajstić information content (AvgIpc) is 2.70. The third-order valence-corrected chi connectivity index (χ3v) is 3.98. The molecule has 1 fully saturated rings. The van der Waals surface area contributed by atoms with Gasteiger partial charge in [0, 0.05) is 7.11 Å². The number of methoxy groups -OCH3 is 1. The SMILES string of the molecule is CO[C@H]1C=C(B2OC(C)(C)C(C)(C)O2)CC1. The summed E-state index contributed by atoms with van der Waals surface area (Å²) in [5, 5.41) is 0. The third-order valence-electron chi connectivity index (χ3n) is 3.98. The molecule has 2 aliphatic rings. The first-order chi connectivity index (χ1) is 7.36. The smallest absolute Gasteiger partial charge is 0.400 e. The molecule has 0 aromatic rings. The summed E-state index contributed by atoms with van der Waals surface area (Å²) < 4.78 is 17.3. The van der Waals surface area contributed by atoms with E-state index < -0.39 is 0 Å². The molecule has 0 amide bonds. The molecule has 1 saturated heterocycles. The van der Waals surface area contributed by atoms with Gasteiger partial charge in [0.05, 0.1) is 17.3 Å². The van der Waals surface area contributed by atoms with Crippen molar-refractivity contribution in [2.24, 2.45) is 0 Å². The number of hydrogen-bond donors (Lipinski definition) is 0. The Hall–Kier alpha value is -0.315. The topological polar surface area (TPSA) is 27.7 Å². The van der Waals surface area contributed by atoms with Gasteiger partial charge < -0.3 is 14.0 Å². The van der Waals surface area contributed by atoms with Gasteiger partial charge in [-0.2, -0.15) is 0 Å². The van der Waals surface area contributed by atoms with Crippen molar-refractivity contribution in [3.63, 3.8) is 0 Å². The highest BCUT2D eigenvalue weighted by atomic mass is 16.7. The van der Waals surface area contributed by atoms with Crippen molar-refractivity contribution >= 4 is 7.12 Å². The standard InChI is InChI=1S/C12H21BO3/c1-11(2)12(3,4)16-13(15-11)9-6-7-10(8-9)14-5/h8,10H,6-7H2,1-5H3/t10-/m1/s1. The molecule has 1 heterocycles. The Labute approximate surface area is 98.3 Å². The van der Waals surface area contributed by atoms with Gasteiger partial charge in [0.1, 0.15) is 0 Å². The second kappa shape index (κ2) is 3.86. The molecular weight excluding hydrogens is 203 g/mol. The first kappa shape index (κ1) is 12.2. The normalized spacial score (nSPS) is 31.9. The molecule has 0 N–H and O–H groups in total. The molecule has 0 saturated carbocycles. The minimum absolute atomic E-state index is 0.190. The zero-order chi connectivity index (χ0) is 12.0. The first-order valence-electron chi connectivity index (χ1n) is 5.95. The molecule has 4 heteroatoms. The Morgan fingerprint density at radius 2 is 1.81 bits per heavy atom. The van der Waals surface area contributed by atoms with Gasteiger partial charge in [0.2, 0.25) is 0 Å². The van der Waals surface area contributed by atoms with Gasteiger partial charge in [-0.05, 0) is 46.0 Å². The Kier molecular flexibility index (Phi) is 2.93. The van der Waals surface area contributed by atoms with Crippen LogP contribution in [0.1, 0.15) is 40.5 Å². The predicted octanol–water partition coefficient (Wildman–Crippen LogP) is 2.35. The maximum absolute atomic E-state index is 5.99. The van der Waals surface area contributed by atoms with E-state index in [1.165, 1.54) is 5.47 Å². The van der Waals surface area contributed by atoms with Crippen molar-refractivity contribution in [2.45, 2.75) is 57.8 Å². The van der Waals surface area contributed by atoms with Crippen LogP contribution in [0.4, 0.5) is 0 Å². The van der Waals surface area contributed by atoms with Crippen molar-refractivity contribution in [2.75, 3.05) is 7.11 Å². The van der Waals surface area contributed by atoms with Crippen molar-refractivity contribution in [3.8, 4) is 0 Å². The number of rotatable bonds is 2. The molecule has 1 aliphatic heterocycles. The van der Waals surface area contributed by atoms with E-state index in [9.17, 15) is 0 Å². The maximum Gasteiger partial charge on any atom is 0.490 e. The Balaban J connectivity index is 2.10. The molecule has 0 aromatic heterocycles. The average molecular weight is 224 g/mol. The Morgan fingerprint density at radius 1 is 1.25 bits per heavy atom. The molecule has 1 aliphatic carbocycles. The lowest BCUT2D eigenvalue weighted by atomic mass is 9.78. The van der Waals surface area contributed by atoms with Crippen LogP contribution >= 0.6 is 0 Å². The predicted molar refractivity (Wildman–Crippen MR) is 64.2 cm³/mol. The van der Waals surface area contributed by atoms with Crippen LogP contribution in [-0.4, -0.2) is 31.5 Å². The van der Waals surface area contributed by atoms with E-state index in [2.05, 4.69) is 33.8 Å². The van der Waals surface area contributed by atoms with Crippen molar-refractivity contribution < 1.29 is 14.0 Å². The van der Waals surface area contributed by atoms with E-state index in [-0.39, 0.29) is 24.4 Å². The van der Waals surface area contributed by atoms with E-state index in [0.717, 1.165) is 12.8 Å². The molecule has 90 valence electrons. The molecule has 0 unspecified atom stereocenters. The molecule has 16 heavy (non-hydrogen) atoms. The van der Waals surface area contributed by atoms with E-state index in [4.69, 9.17) is 14.0 Å². The van der Waals surface area contributed by atoms with Crippen LogP contribution < -0.4 is 0 Å². The van der Waals surface area contributed by atoms with Crippen LogP contribution in [-0.2, 0) is 14.0 Å². The summed E-state index contributed by atoms with van der Waals surface area (Å²) in [5.74, 6) is 0. The van der Waals surface area contributed by atoms with E-state index in [1.807, 2.05) is 0 Å². The van der Waals surface area contributed by atoms with Crippen LogP contribution in [0, 0.1) is 0 Å². The highest BCUT2D eigenvalue weighted by molar-refractivity contribution is 6.54. The largest absolute Gasteiger partial charge is 0.490 e. The lowest BCUT2D eigenvalue weighted by Gasteiger charge is -2.32. The van der Waals surface area contributed by atoms with Crippen LogP contribution in [0.25, 0.3) is 0 Å². The number of allylic oxidation sites excluding steroid dienone is 1. The third kappa shape index (κ3) is 1.94. The summed E-state index contributed by atoms with van der Waals surface area (Å²) in [4.78, 5) is 0. The zero-order valence-electron chi connectivity index (χ0n) is 10.9. The molecular formula is C12H21BO3. The highest BCUT2D eigenvalue weighted by Crippen LogP contribution is 2.40. The molecule has 0 radical (unpaired) electrons. The van der Waals surface area contributed by atoms with Crippen LogP contribution in [0.15, 0.2) is 11.5 Å². The second-order valence-corrected chi connectivity index (χ2v) is 5.64. The van der Waals surface area contributed by atoms with Crippen LogP contribution in [0.3, 0.4) is 0 Å². The zero-order valence-corrected chi connectivity index (χ0v) is 10.9. The minimum atomic E-state index is -0.246. The minimum Gasteiger partial charge on any atom is -0.400 e. The summed E-state index contributed by atoms with van der Waals surface area (Å²) in [6.07, 6.45) is 4.42. The maximum atomic E-state index is 5.99. The van der Waals surface area contributed by atoms with E-state index in [0.29, 0.717) is 0 Å². The summed E-state index contributed by atoms with van der Waals surface area (Å²) in [5.41, 5.74) is 0.735. The van der Waals surface area contributed by atoms with E-state index >= 15 is 0 Å². The highest BCUT2D eigenvalue weighted by Gasteiger charge is 2.52. The summed E-state index contributed by atoms with van der Waals surface area (Å²) >= 11 is 0. The van der Waals surface area contributed by atoms with Gasteiger partial charge in [-0.3, -0.25) is 0 Å². The number of ether oxygens (including phenoxy) is 1. The van der Waals surface area contributed by atoms with Gasteiger partial charge in [0.15, 0.2) is 0 Å². The summed E-state index contributed by atoms with van der Waals surface area (Å²) in [7, 11) is 1.55. The van der Waals surface area contributed by atoms with Crippen molar-refractivity contribution in [1.29, 1.82) is 0 Å². The molecule has 0 bridgehead atoms. The van der Waals surface area contributed by atoms with Gasteiger partial charge >= 0.3 is 7.12 Å². The second-order valence-electron chi connectivity index (χ2n) is 5.64. The van der Waals surface area contributed by atoms with Crippen LogP contribution in [0.5, 0.6) is 0 Å². The fraction of sp³-hybridized carbons (Fsp3) is 0.833. The van der Waals surface area contributed by atoms with Gasteiger partial charge in [0.25, 0.3) is 0 Å². The lowest BCUT2D eigenvalue weighted by molar-refractivity contribution is 0.00578. The number of hydrogen-bond acceptors (Lipinski definition) is 3. The van der Waals surface area contributed by atoms with Gasteiger partial charge in [-0.15, -0.1) is 0 Å². The van der Waals surface area contributed by atoms with Gasteiger partial charge in [-0.1, -0.05) is 6.08 Å². The summed E-state index contributed by atoms with van der Waals surface area (Å²) in [6, 6.07) is 0. The van der Waals surface area contributed by atoms with Crippen LogP contribution in [0.2, 0.25) is 0 Å². The quantitative estimate of drug-likeness (QED) is 0.674. The molecule has 1 atom stereocenters. The fourth-order valence-corrected chi connectivity index (χ4v) is 2.09. The monoisotopic (exact) mass is 224 g/mol. The Bertz CT molecular complexity index is 293. The molecule has 0 aromatic carbocycles. The molecule has 0 spiro atoms. The van der Waals surface area contributed by atoms with Crippen molar-refractivity contribution in [1.82, 2.24) is 0 Å². The first-order valence-corrected chi connectivity index (χ1v) is 5.95. The fourth-order valence-electron chi connectivity index (χ4n) is 2.09. The molecule has 2 rings (SSSR count). The van der Waals surface area contributed by atoms with Gasteiger partial charge in [-0.25, -0.2) is 0 Å². The van der Waals surface area contributed by atoms with E-state index in [1.54, 1.807) is 7.11 Å². The summed E-state index contributed by atoms with van der Waals surface area (Å²) in [6.45, 7) is 8.32.